The Labute approximate surface area is 255 Å². The lowest BCUT2D eigenvalue weighted by Crippen LogP contribution is -2.42. The number of hydrogen-bond acceptors (Lipinski definition) is 7. The summed E-state index contributed by atoms with van der Waals surface area (Å²) < 4.78 is 35.6. The third-order valence-corrected chi connectivity index (χ3v) is 9.27. The molecular weight excluding hydrogens is 568 g/mol. The number of carbonyl (C=O) groups is 2. The van der Waals surface area contributed by atoms with Crippen LogP contribution in [-0.4, -0.2) is 68.6 Å². The van der Waals surface area contributed by atoms with Crippen LogP contribution in [0.15, 0.2) is 24.4 Å². The molecule has 3 aromatic rings. The number of carbonyl (C=O) groups excluding carboxylic acids is 2. The van der Waals surface area contributed by atoms with E-state index in [4.69, 9.17) is 10.5 Å². The number of nitrogens with one attached hydrogen (secondary N) is 1. The van der Waals surface area contributed by atoms with Crippen molar-refractivity contribution in [2.24, 2.45) is 5.92 Å². The Bertz CT molecular complexity index is 1570. The third-order valence-electron chi connectivity index (χ3n) is 9.27. The molecule has 2 saturated heterocycles. The SMILES string of the molecule is Cc1nn(C2CCC(=O)NC2=O)c2cccc(C#CCOC3CCN(CC4CCC(n5cc(N)c(C(F)F)n5)CC4)CC3)c12. The molecule has 3 fully saturated rings. The smallest absolute Gasteiger partial charge is 0.284 e. The van der Waals surface area contributed by atoms with Gasteiger partial charge in [-0.05, 0) is 69.9 Å². The van der Waals surface area contributed by atoms with Crippen LogP contribution in [0.1, 0.15) is 86.8 Å². The second-order valence-electron chi connectivity index (χ2n) is 12.2. The zero-order chi connectivity index (χ0) is 30.8. The number of piperidine rings is 2. The van der Waals surface area contributed by atoms with Gasteiger partial charge in [-0.1, -0.05) is 17.9 Å². The minimum Gasteiger partial charge on any atom is -0.396 e. The second-order valence-corrected chi connectivity index (χ2v) is 12.2. The predicted octanol–water partition coefficient (Wildman–Crippen LogP) is 4.30. The first-order valence-corrected chi connectivity index (χ1v) is 15.5. The summed E-state index contributed by atoms with van der Waals surface area (Å²) in [5.74, 6) is 6.45. The van der Waals surface area contributed by atoms with Crippen LogP contribution in [-0.2, 0) is 14.3 Å². The molecule has 2 amide bonds. The van der Waals surface area contributed by atoms with Crippen LogP contribution in [0, 0.1) is 24.7 Å². The lowest BCUT2D eigenvalue weighted by molar-refractivity contribution is -0.135. The number of ether oxygens (including phenoxy) is 1. The minimum atomic E-state index is -2.64. The van der Waals surface area contributed by atoms with Gasteiger partial charge >= 0.3 is 0 Å². The molecule has 1 atom stereocenters. The number of alkyl halides is 2. The van der Waals surface area contributed by atoms with Gasteiger partial charge in [0, 0.05) is 43.2 Å². The number of hydrogen-bond donors (Lipinski definition) is 2. The molecule has 0 bridgehead atoms. The Morgan fingerprint density at radius 1 is 1.09 bits per heavy atom. The van der Waals surface area contributed by atoms with E-state index in [0.717, 1.165) is 80.3 Å². The first kappa shape index (κ1) is 30.2. The quantitative estimate of drug-likeness (QED) is 0.304. The van der Waals surface area contributed by atoms with Crippen LogP contribution in [0.3, 0.4) is 0 Å². The van der Waals surface area contributed by atoms with Crippen LogP contribution in [0.2, 0.25) is 0 Å². The lowest BCUT2D eigenvalue weighted by atomic mass is 9.85. The number of halogens is 2. The van der Waals surface area contributed by atoms with Gasteiger partial charge in [-0.15, -0.1) is 0 Å². The van der Waals surface area contributed by atoms with E-state index in [1.807, 2.05) is 25.1 Å². The van der Waals surface area contributed by atoms with Crippen molar-refractivity contribution in [1.29, 1.82) is 0 Å². The highest BCUT2D eigenvalue weighted by Crippen LogP contribution is 2.35. The van der Waals surface area contributed by atoms with Gasteiger partial charge < -0.3 is 15.4 Å². The number of nitrogens with two attached hydrogens (primary N) is 1. The number of anilines is 1. The zero-order valence-electron chi connectivity index (χ0n) is 25.0. The Morgan fingerprint density at radius 2 is 1.86 bits per heavy atom. The molecule has 1 aliphatic carbocycles. The highest BCUT2D eigenvalue weighted by atomic mass is 19.3. The normalized spacial score (nSPS) is 23.6. The molecule has 0 spiro atoms. The lowest BCUT2D eigenvalue weighted by Gasteiger charge is -2.36. The molecule has 12 heteroatoms. The van der Waals surface area contributed by atoms with Crippen LogP contribution in [0.4, 0.5) is 14.5 Å². The van der Waals surface area contributed by atoms with Crippen molar-refractivity contribution in [3.05, 3.63) is 41.3 Å². The molecule has 1 aromatic carbocycles. The van der Waals surface area contributed by atoms with Crippen molar-refractivity contribution in [1.82, 2.24) is 29.8 Å². The molecule has 0 radical (unpaired) electrons. The average Bonchev–Trinajstić information content (AvgIpc) is 3.57. The van der Waals surface area contributed by atoms with Gasteiger partial charge in [0.2, 0.25) is 5.91 Å². The highest BCUT2D eigenvalue weighted by Gasteiger charge is 2.31. The zero-order valence-corrected chi connectivity index (χ0v) is 25.0. The number of imide groups is 1. The number of benzene rings is 1. The van der Waals surface area contributed by atoms with E-state index in [9.17, 15) is 18.4 Å². The first-order valence-electron chi connectivity index (χ1n) is 15.5. The Morgan fingerprint density at radius 3 is 2.57 bits per heavy atom. The van der Waals surface area contributed by atoms with E-state index >= 15 is 0 Å². The van der Waals surface area contributed by atoms with E-state index < -0.39 is 12.5 Å². The maximum Gasteiger partial charge on any atom is 0.284 e. The summed E-state index contributed by atoms with van der Waals surface area (Å²) in [6, 6.07) is 5.42. The standard InChI is InChI=1S/C32H39F2N7O3/c1-20-29-22(4-2-6-26(29)41(37-20)27-11-12-28(42)36-32(27)43)5-3-17-44-24-13-15-39(16-14-24)18-21-7-9-23(10-8-21)40-19-25(35)30(38-40)31(33)34/h2,4,6,19,21,23-24,27,31H,7-18,35H2,1H3,(H,36,42,43). The van der Waals surface area contributed by atoms with Crippen molar-refractivity contribution in [3.63, 3.8) is 0 Å². The van der Waals surface area contributed by atoms with Gasteiger partial charge in [0.1, 0.15) is 12.6 Å². The molecule has 2 aliphatic heterocycles. The van der Waals surface area contributed by atoms with Gasteiger partial charge in [0.25, 0.3) is 12.3 Å². The van der Waals surface area contributed by atoms with E-state index in [1.165, 1.54) is 0 Å². The fourth-order valence-electron chi connectivity index (χ4n) is 6.92. The number of likely N-dealkylation sites (tertiary alicyclic amines) is 1. The number of aryl methyl sites for hydroxylation is 1. The van der Waals surface area contributed by atoms with E-state index in [1.54, 1.807) is 15.6 Å². The topological polar surface area (TPSA) is 120 Å². The summed E-state index contributed by atoms with van der Waals surface area (Å²) in [6.07, 6.45) is 5.72. The summed E-state index contributed by atoms with van der Waals surface area (Å²) in [7, 11) is 0. The second kappa shape index (κ2) is 13.0. The molecule has 1 saturated carbocycles. The van der Waals surface area contributed by atoms with E-state index in [2.05, 4.69) is 32.3 Å². The largest absolute Gasteiger partial charge is 0.396 e. The Balaban J connectivity index is 0.959. The molecule has 44 heavy (non-hydrogen) atoms. The number of rotatable bonds is 7. The summed E-state index contributed by atoms with van der Waals surface area (Å²) in [5, 5.41) is 12.0. The third kappa shape index (κ3) is 6.49. The van der Waals surface area contributed by atoms with Gasteiger partial charge in [-0.3, -0.25) is 24.3 Å². The fourth-order valence-corrected chi connectivity index (χ4v) is 6.92. The van der Waals surface area contributed by atoms with Gasteiger partial charge in [0.15, 0.2) is 5.69 Å². The number of amides is 2. The van der Waals surface area contributed by atoms with Crippen LogP contribution in [0.5, 0.6) is 0 Å². The van der Waals surface area contributed by atoms with E-state index in [-0.39, 0.29) is 35.3 Å². The Kier molecular flexibility index (Phi) is 8.96. The average molecular weight is 608 g/mol. The summed E-state index contributed by atoms with van der Waals surface area (Å²) in [6.45, 7) is 5.29. The fraction of sp³-hybridized carbons (Fsp3) is 0.562. The maximum atomic E-state index is 13.1. The molecule has 3 aliphatic rings. The van der Waals surface area contributed by atoms with Gasteiger partial charge in [-0.2, -0.15) is 10.2 Å². The van der Waals surface area contributed by atoms with Crippen LogP contribution in [0.25, 0.3) is 10.9 Å². The van der Waals surface area contributed by atoms with Crippen molar-refractivity contribution < 1.29 is 23.1 Å². The molecular formula is C32H39F2N7O3. The summed E-state index contributed by atoms with van der Waals surface area (Å²) in [4.78, 5) is 26.6. The molecule has 1 unspecified atom stereocenters. The predicted molar refractivity (Wildman–Crippen MR) is 161 cm³/mol. The van der Waals surface area contributed by atoms with Gasteiger partial charge in [0.05, 0.1) is 29.0 Å². The molecule has 6 rings (SSSR count). The summed E-state index contributed by atoms with van der Waals surface area (Å²) >= 11 is 0. The molecule has 4 heterocycles. The van der Waals surface area contributed by atoms with Crippen LogP contribution >= 0.6 is 0 Å². The summed E-state index contributed by atoms with van der Waals surface area (Å²) in [5.41, 5.74) is 7.96. The number of fused-ring (bicyclic) bond motifs is 1. The number of aromatic nitrogens is 4. The first-order chi connectivity index (χ1) is 21.3. The number of nitrogen functional groups attached to an aromatic ring is 1. The van der Waals surface area contributed by atoms with Crippen molar-refractivity contribution in [2.75, 3.05) is 32.0 Å². The van der Waals surface area contributed by atoms with Crippen LogP contribution < -0.4 is 11.1 Å². The van der Waals surface area contributed by atoms with Gasteiger partial charge in [-0.25, -0.2) is 8.78 Å². The molecule has 2 aromatic heterocycles. The maximum absolute atomic E-state index is 13.1. The van der Waals surface area contributed by atoms with Crippen molar-refractivity contribution in [2.45, 2.75) is 82.9 Å². The highest BCUT2D eigenvalue weighted by molar-refractivity contribution is 6.00. The van der Waals surface area contributed by atoms with Crippen molar-refractivity contribution >= 4 is 28.4 Å². The Hall–Kier alpha value is -3.82. The van der Waals surface area contributed by atoms with Crippen molar-refractivity contribution in [3.8, 4) is 11.8 Å². The molecule has 234 valence electrons. The molecule has 3 N–H and O–H groups in total. The minimum absolute atomic E-state index is 0.0738. The number of nitrogens with zero attached hydrogens (tertiary/aromatic N) is 5. The van der Waals surface area contributed by atoms with E-state index in [0.29, 0.717) is 25.4 Å². The molecule has 10 nitrogen and oxygen atoms in total. The monoisotopic (exact) mass is 607 g/mol.